The van der Waals surface area contributed by atoms with Gasteiger partial charge in [0.1, 0.15) is 5.67 Å². The van der Waals surface area contributed by atoms with E-state index in [1.54, 1.807) is 0 Å². The molecule has 19 heavy (non-hydrogen) atoms. The van der Waals surface area contributed by atoms with Crippen LogP contribution in [0.15, 0.2) is 24.3 Å². The van der Waals surface area contributed by atoms with Crippen LogP contribution in [0.3, 0.4) is 0 Å². The van der Waals surface area contributed by atoms with Crippen molar-refractivity contribution in [3.05, 3.63) is 35.4 Å². The minimum absolute atomic E-state index is 0.415. The highest BCUT2D eigenvalue weighted by atomic mass is 19.1. The van der Waals surface area contributed by atoms with Crippen LogP contribution in [0.2, 0.25) is 0 Å². The van der Waals surface area contributed by atoms with E-state index in [0.717, 1.165) is 18.4 Å². The molecule has 2 heteroatoms. The van der Waals surface area contributed by atoms with E-state index in [1.165, 1.54) is 5.56 Å². The summed E-state index contributed by atoms with van der Waals surface area (Å²) in [5.74, 6) is 0.545. The highest BCUT2D eigenvalue weighted by Crippen LogP contribution is 2.38. The Balaban J connectivity index is 1.70. The number of hydrogen-bond acceptors (Lipinski definition) is 1. The Morgan fingerprint density at radius 1 is 1.16 bits per heavy atom. The summed E-state index contributed by atoms with van der Waals surface area (Å²) in [7, 11) is 0. The third-order valence-electron chi connectivity index (χ3n) is 4.73. The quantitative estimate of drug-likeness (QED) is 0.868. The van der Waals surface area contributed by atoms with Crippen LogP contribution in [0.5, 0.6) is 0 Å². The third kappa shape index (κ3) is 2.84. The Hall–Kier alpha value is -0.890. The van der Waals surface area contributed by atoms with E-state index >= 15 is 4.39 Å². The van der Waals surface area contributed by atoms with Crippen LogP contribution in [0.4, 0.5) is 4.39 Å². The minimum atomic E-state index is -0.990. The first-order valence-corrected chi connectivity index (χ1v) is 7.58. The second-order valence-corrected chi connectivity index (χ2v) is 6.77. The number of fused-ring (bicyclic) bond motifs is 2. The van der Waals surface area contributed by atoms with Gasteiger partial charge in [0.05, 0.1) is 0 Å². The zero-order chi connectivity index (χ0) is 13.5. The van der Waals surface area contributed by atoms with Gasteiger partial charge in [0.2, 0.25) is 0 Å². The van der Waals surface area contributed by atoms with Crippen LogP contribution in [-0.4, -0.2) is 17.8 Å². The topological polar surface area (TPSA) is 12.0 Å². The summed E-state index contributed by atoms with van der Waals surface area (Å²) in [6.07, 6.45) is 4.27. The Morgan fingerprint density at radius 3 is 2.26 bits per heavy atom. The number of nitrogens with one attached hydrogen (secondary N) is 1. The summed E-state index contributed by atoms with van der Waals surface area (Å²) in [5.41, 5.74) is 1.49. The van der Waals surface area contributed by atoms with Gasteiger partial charge in [-0.15, -0.1) is 0 Å². The summed E-state index contributed by atoms with van der Waals surface area (Å²) < 4.78 is 15.0. The van der Waals surface area contributed by atoms with Crippen LogP contribution in [0.1, 0.15) is 56.6 Å². The molecular formula is C17H24FN. The summed E-state index contributed by atoms with van der Waals surface area (Å²) in [4.78, 5) is 0. The molecule has 2 atom stereocenters. The maximum atomic E-state index is 15.0. The molecule has 2 bridgehead atoms. The van der Waals surface area contributed by atoms with E-state index < -0.39 is 5.67 Å². The van der Waals surface area contributed by atoms with Crippen molar-refractivity contribution in [2.24, 2.45) is 0 Å². The van der Waals surface area contributed by atoms with Gasteiger partial charge in [0.15, 0.2) is 0 Å². The Bertz CT molecular complexity index is 425. The molecule has 1 aromatic rings. The molecule has 0 spiro atoms. The van der Waals surface area contributed by atoms with Crippen molar-refractivity contribution in [2.45, 2.75) is 69.6 Å². The molecule has 2 aliphatic heterocycles. The van der Waals surface area contributed by atoms with Gasteiger partial charge in [0, 0.05) is 18.5 Å². The zero-order valence-electron chi connectivity index (χ0n) is 12.0. The summed E-state index contributed by atoms with van der Waals surface area (Å²) in [6.45, 7) is 4.38. The van der Waals surface area contributed by atoms with E-state index in [4.69, 9.17) is 0 Å². The third-order valence-corrected chi connectivity index (χ3v) is 4.73. The largest absolute Gasteiger partial charge is 0.311 e. The van der Waals surface area contributed by atoms with Gasteiger partial charge < -0.3 is 5.32 Å². The molecule has 0 saturated carbocycles. The monoisotopic (exact) mass is 261 g/mol. The Morgan fingerprint density at radius 2 is 1.74 bits per heavy atom. The molecule has 2 aliphatic rings. The SMILES string of the molecule is CC(C)c1ccc(CC2(F)CC3CCC(C2)N3)cc1. The van der Waals surface area contributed by atoms with Crippen molar-refractivity contribution in [1.82, 2.24) is 5.32 Å². The molecule has 2 heterocycles. The molecule has 2 unspecified atom stereocenters. The van der Waals surface area contributed by atoms with Crippen molar-refractivity contribution in [1.29, 1.82) is 0 Å². The highest BCUT2D eigenvalue weighted by molar-refractivity contribution is 5.26. The fourth-order valence-corrected chi connectivity index (χ4v) is 3.72. The standard InChI is InChI=1S/C17H24FN/c1-12(2)14-5-3-13(4-6-14)9-17(18)10-15-7-8-16(11-17)19-15/h3-6,12,15-16,19H,7-11H2,1-2H3. The first-order valence-electron chi connectivity index (χ1n) is 7.58. The average Bonchev–Trinajstić information content (AvgIpc) is 2.69. The number of alkyl halides is 1. The maximum Gasteiger partial charge on any atom is 0.118 e. The summed E-state index contributed by atoms with van der Waals surface area (Å²) in [5, 5.41) is 3.52. The first-order chi connectivity index (χ1) is 9.04. The highest BCUT2D eigenvalue weighted by Gasteiger charge is 2.43. The number of halogens is 1. The van der Waals surface area contributed by atoms with Gasteiger partial charge in [-0.2, -0.15) is 0 Å². The molecule has 1 aromatic carbocycles. The van der Waals surface area contributed by atoms with Crippen molar-refractivity contribution < 1.29 is 4.39 Å². The predicted molar refractivity (Wildman–Crippen MR) is 77.3 cm³/mol. The van der Waals surface area contributed by atoms with E-state index in [2.05, 4.69) is 43.4 Å². The normalized spacial score (nSPS) is 33.9. The molecule has 104 valence electrons. The zero-order valence-corrected chi connectivity index (χ0v) is 12.0. The Labute approximate surface area is 115 Å². The van der Waals surface area contributed by atoms with Gasteiger partial charge in [0.25, 0.3) is 0 Å². The minimum Gasteiger partial charge on any atom is -0.311 e. The molecule has 1 N–H and O–H groups in total. The molecule has 0 amide bonds. The smallest absolute Gasteiger partial charge is 0.118 e. The van der Waals surface area contributed by atoms with Crippen molar-refractivity contribution >= 4 is 0 Å². The van der Waals surface area contributed by atoms with Gasteiger partial charge in [-0.25, -0.2) is 4.39 Å². The summed E-state index contributed by atoms with van der Waals surface area (Å²) >= 11 is 0. The van der Waals surface area contributed by atoms with Crippen LogP contribution in [0, 0.1) is 0 Å². The van der Waals surface area contributed by atoms with Gasteiger partial charge in [-0.05, 0) is 42.7 Å². The molecule has 3 rings (SSSR count). The number of rotatable bonds is 3. The number of benzene rings is 1. The average molecular weight is 261 g/mol. The second kappa shape index (κ2) is 4.90. The van der Waals surface area contributed by atoms with Gasteiger partial charge >= 0.3 is 0 Å². The van der Waals surface area contributed by atoms with E-state index in [0.29, 0.717) is 37.3 Å². The lowest BCUT2D eigenvalue weighted by atomic mass is 9.83. The number of piperidine rings is 1. The van der Waals surface area contributed by atoms with Crippen LogP contribution < -0.4 is 5.32 Å². The van der Waals surface area contributed by atoms with Crippen LogP contribution in [-0.2, 0) is 6.42 Å². The van der Waals surface area contributed by atoms with Crippen molar-refractivity contribution in [2.75, 3.05) is 0 Å². The molecule has 2 fully saturated rings. The molecule has 2 saturated heterocycles. The molecule has 0 aliphatic carbocycles. The Kier molecular flexibility index (Phi) is 3.38. The fraction of sp³-hybridized carbons (Fsp3) is 0.647. The van der Waals surface area contributed by atoms with E-state index in [1.807, 2.05) is 0 Å². The maximum absolute atomic E-state index is 15.0. The second-order valence-electron chi connectivity index (χ2n) is 6.77. The van der Waals surface area contributed by atoms with Crippen LogP contribution >= 0.6 is 0 Å². The number of hydrogen-bond donors (Lipinski definition) is 1. The first kappa shape index (κ1) is 13.1. The van der Waals surface area contributed by atoms with Crippen molar-refractivity contribution in [3.63, 3.8) is 0 Å². The lowest BCUT2D eigenvalue weighted by Gasteiger charge is -2.35. The van der Waals surface area contributed by atoms with E-state index in [9.17, 15) is 0 Å². The summed E-state index contributed by atoms with van der Waals surface area (Å²) in [6, 6.07) is 9.36. The fourth-order valence-electron chi connectivity index (χ4n) is 3.72. The molecule has 0 aromatic heterocycles. The van der Waals surface area contributed by atoms with Crippen molar-refractivity contribution in [3.8, 4) is 0 Å². The molecule has 0 radical (unpaired) electrons. The lowest BCUT2D eigenvalue weighted by molar-refractivity contribution is 0.0894. The van der Waals surface area contributed by atoms with E-state index in [-0.39, 0.29) is 0 Å². The van der Waals surface area contributed by atoms with Gasteiger partial charge in [-0.1, -0.05) is 38.1 Å². The van der Waals surface area contributed by atoms with Gasteiger partial charge in [-0.3, -0.25) is 0 Å². The van der Waals surface area contributed by atoms with Crippen LogP contribution in [0.25, 0.3) is 0 Å². The predicted octanol–water partition coefficient (Wildman–Crippen LogP) is 3.98. The molecule has 1 nitrogen and oxygen atoms in total. The molecular weight excluding hydrogens is 237 g/mol. The lowest BCUT2D eigenvalue weighted by Crippen LogP contribution is -2.47.